The average molecular weight is 466 g/mol. The van der Waals surface area contributed by atoms with Crippen LogP contribution in [0, 0.1) is 0 Å². The lowest BCUT2D eigenvalue weighted by Gasteiger charge is -2.15. The zero-order valence-electron chi connectivity index (χ0n) is 19.2. The Hall–Kier alpha value is -4.53. The first kappa shape index (κ1) is 21.0. The molecule has 5 aromatic rings. The number of aromatic nitrogens is 6. The summed E-state index contributed by atoms with van der Waals surface area (Å²) in [6.45, 7) is 1.26. The summed E-state index contributed by atoms with van der Waals surface area (Å²) < 4.78 is 9.87. The molecule has 1 aliphatic rings. The summed E-state index contributed by atoms with van der Waals surface area (Å²) >= 11 is 0. The van der Waals surface area contributed by atoms with E-state index < -0.39 is 0 Å². The maximum absolute atomic E-state index is 13.4. The molecular weight excluding hydrogens is 442 g/mol. The van der Waals surface area contributed by atoms with Crippen molar-refractivity contribution in [1.82, 2.24) is 29.5 Å². The van der Waals surface area contributed by atoms with Gasteiger partial charge in [-0.05, 0) is 60.4 Å². The maximum atomic E-state index is 13.4. The largest absolute Gasteiger partial charge is 0.493 e. The molecule has 1 amide bonds. The lowest BCUT2D eigenvalue weighted by atomic mass is 10.0. The Morgan fingerprint density at radius 1 is 1.03 bits per heavy atom. The SMILES string of the molecule is Cn1ncc2cc(-c3ccc4c(c3)C(=O)Nc3cccc(n3)-c3nncn3CCCCO4)ccc21. The van der Waals surface area contributed by atoms with Crippen molar-refractivity contribution < 1.29 is 9.53 Å². The normalized spacial score (nSPS) is 13.9. The van der Waals surface area contributed by atoms with Crippen LogP contribution in [0.25, 0.3) is 33.5 Å². The number of amides is 1. The topological polar surface area (TPSA) is 99.8 Å². The third kappa shape index (κ3) is 4.01. The number of carbonyl (C=O) groups is 1. The van der Waals surface area contributed by atoms with Gasteiger partial charge >= 0.3 is 0 Å². The predicted molar refractivity (Wildman–Crippen MR) is 132 cm³/mol. The van der Waals surface area contributed by atoms with Crippen LogP contribution >= 0.6 is 0 Å². The number of anilines is 1. The second-order valence-electron chi connectivity index (χ2n) is 8.52. The van der Waals surface area contributed by atoms with Crippen molar-refractivity contribution in [3.63, 3.8) is 0 Å². The van der Waals surface area contributed by atoms with Gasteiger partial charge in [0.1, 0.15) is 23.6 Å². The number of aryl methyl sites for hydroxylation is 2. The van der Waals surface area contributed by atoms with Gasteiger partial charge in [-0.3, -0.25) is 9.48 Å². The van der Waals surface area contributed by atoms with Crippen LogP contribution in [-0.4, -0.2) is 42.0 Å². The zero-order valence-corrected chi connectivity index (χ0v) is 19.2. The van der Waals surface area contributed by atoms with E-state index in [1.807, 2.05) is 65.0 Å². The van der Waals surface area contributed by atoms with E-state index in [0.29, 0.717) is 35.3 Å². The summed E-state index contributed by atoms with van der Waals surface area (Å²) in [6.07, 6.45) is 5.25. The van der Waals surface area contributed by atoms with Gasteiger partial charge in [0.2, 0.25) is 0 Å². The van der Waals surface area contributed by atoms with Gasteiger partial charge in [-0.1, -0.05) is 18.2 Å². The van der Waals surface area contributed by atoms with Crippen molar-refractivity contribution >= 4 is 22.6 Å². The Balaban J connectivity index is 1.39. The number of rotatable bonds is 1. The molecule has 3 aromatic heterocycles. The van der Waals surface area contributed by atoms with E-state index >= 15 is 0 Å². The van der Waals surface area contributed by atoms with Crippen LogP contribution < -0.4 is 10.1 Å². The van der Waals surface area contributed by atoms with Crippen LogP contribution in [0.1, 0.15) is 23.2 Å². The molecule has 0 radical (unpaired) electrons. The summed E-state index contributed by atoms with van der Waals surface area (Å²) in [5, 5.41) is 16.6. The van der Waals surface area contributed by atoms with Crippen LogP contribution in [-0.2, 0) is 13.6 Å². The Kier molecular flexibility index (Phi) is 5.21. The fourth-order valence-corrected chi connectivity index (χ4v) is 4.35. The number of nitrogens with zero attached hydrogens (tertiary/aromatic N) is 6. The van der Waals surface area contributed by atoms with Crippen molar-refractivity contribution in [1.29, 1.82) is 0 Å². The number of fused-ring (bicyclic) bond motifs is 6. The number of ether oxygens (including phenoxy) is 1. The maximum Gasteiger partial charge on any atom is 0.260 e. The summed E-state index contributed by atoms with van der Waals surface area (Å²) in [6, 6.07) is 17.3. The zero-order chi connectivity index (χ0) is 23.8. The van der Waals surface area contributed by atoms with Gasteiger partial charge in [0.05, 0.1) is 23.9 Å². The highest BCUT2D eigenvalue weighted by molar-refractivity contribution is 6.06. The van der Waals surface area contributed by atoms with Gasteiger partial charge in [0.15, 0.2) is 5.82 Å². The Morgan fingerprint density at radius 2 is 1.91 bits per heavy atom. The fourth-order valence-electron chi connectivity index (χ4n) is 4.35. The molecule has 1 aliphatic heterocycles. The second-order valence-corrected chi connectivity index (χ2v) is 8.52. The molecule has 0 fully saturated rings. The van der Waals surface area contributed by atoms with Crippen LogP contribution in [0.4, 0.5) is 5.82 Å². The third-order valence-corrected chi connectivity index (χ3v) is 6.19. The molecule has 9 nitrogen and oxygen atoms in total. The summed E-state index contributed by atoms with van der Waals surface area (Å²) in [5.74, 6) is 1.37. The molecule has 174 valence electrons. The first-order chi connectivity index (χ1) is 17.2. The molecule has 6 rings (SSSR count). The third-order valence-electron chi connectivity index (χ3n) is 6.19. The molecule has 0 saturated carbocycles. The lowest BCUT2D eigenvalue weighted by Crippen LogP contribution is -2.16. The van der Waals surface area contributed by atoms with E-state index in [-0.39, 0.29) is 5.91 Å². The van der Waals surface area contributed by atoms with Crippen molar-refractivity contribution in [2.45, 2.75) is 19.4 Å². The summed E-state index contributed by atoms with van der Waals surface area (Å²) in [4.78, 5) is 18.0. The fraction of sp³-hybridized carbons (Fsp3) is 0.192. The number of pyridine rings is 1. The van der Waals surface area contributed by atoms with E-state index in [1.165, 1.54) is 0 Å². The van der Waals surface area contributed by atoms with Crippen molar-refractivity contribution in [2.75, 3.05) is 11.9 Å². The molecule has 0 atom stereocenters. The number of hydrogen-bond acceptors (Lipinski definition) is 6. The summed E-state index contributed by atoms with van der Waals surface area (Å²) in [5.41, 5.74) is 4.09. The minimum atomic E-state index is -0.285. The minimum absolute atomic E-state index is 0.285. The molecule has 2 bridgehead atoms. The minimum Gasteiger partial charge on any atom is -0.493 e. The van der Waals surface area contributed by atoms with Crippen molar-refractivity contribution in [2.24, 2.45) is 7.05 Å². The smallest absolute Gasteiger partial charge is 0.260 e. The highest BCUT2D eigenvalue weighted by atomic mass is 16.5. The van der Waals surface area contributed by atoms with Crippen LogP contribution in [0.15, 0.2) is 67.1 Å². The molecule has 0 aliphatic carbocycles. The average Bonchev–Trinajstić information content (AvgIpc) is 3.50. The molecule has 4 heterocycles. The highest BCUT2D eigenvalue weighted by Gasteiger charge is 2.18. The Morgan fingerprint density at radius 3 is 2.86 bits per heavy atom. The Bertz CT molecular complexity index is 1550. The first-order valence-electron chi connectivity index (χ1n) is 11.5. The van der Waals surface area contributed by atoms with Crippen molar-refractivity contribution in [3.05, 3.63) is 72.7 Å². The number of benzene rings is 2. The van der Waals surface area contributed by atoms with Crippen molar-refractivity contribution in [3.8, 4) is 28.4 Å². The monoisotopic (exact) mass is 465 g/mol. The molecule has 35 heavy (non-hydrogen) atoms. The van der Waals surface area contributed by atoms with E-state index in [9.17, 15) is 4.79 Å². The molecule has 2 aromatic carbocycles. The lowest BCUT2D eigenvalue weighted by molar-refractivity contribution is 0.102. The number of carbonyl (C=O) groups excluding carboxylic acids is 1. The Labute approximate surface area is 201 Å². The summed E-state index contributed by atoms with van der Waals surface area (Å²) in [7, 11) is 1.92. The van der Waals surface area contributed by atoms with Gasteiger partial charge in [-0.25, -0.2) is 4.98 Å². The van der Waals surface area contributed by atoms with Crippen LogP contribution in [0.3, 0.4) is 0 Å². The molecule has 1 N–H and O–H groups in total. The molecular formula is C26H23N7O2. The van der Waals surface area contributed by atoms with Crippen LogP contribution in [0.5, 0.6) is 5.75 Å². The number of hydrogen-bond donors (Lipinski definition) is 1. The number of nitrogens with one attached hydrogen (secondary N) is 1. The van der Waals surface area contributed by atoms with Gasteiger partial charge in [0, 0.05) is 19.0 Å². The van der Waals surface area contributed by atoms with E-state index in [0.717, 1.165) is 41.4 Å². The molecule has 9 heteroatoms. The van der Waals surface area contributed by atoms with E-state index in [2.05, 4.69) is 31.7 Å². The molecule has 0 spiro atoms. The van der Waals surface area contributed by atoms with Gasteiger partial charge in [0.25, 0.3) is 5.91 Å². The van der Waals surface area contributed by atoms with Gasteiger partial charge < -0.3 is 14.6 Å². The van der Waals surface area contributed by atoms with Crippen LogP contribution in [0.2, 0.25) is 0 Å². The quantitative estimate of drug-likeness (QED) is 0.396. The predicted octanol–water partition coefficient (Wildman–Crippen LogP) is 4.32. The highest BCUT2D eigenvalue weighted by Crippen LogP contribution is 2.30. The van der Waals surface area contributed by atoms with Gasteiger partial charge in [-0.2, -0.15) is 5.10 Å². The van der Waals surface area contributed by atoms with E-state index in [1.54, 1.807) is 12.4 Å². The molecule has 0 saturated heterocycles. The first-order valence-corrected chi connectivity index (χ1v) is 11.5. The van der Waals surface area contributed by atoms with Gasteiger partial charge in [-0.15, -0.1) is 10.2 Å². The van der Waals surface area contributed by atoms with E-state index in [4.69, 9.17) is 4.74 Å². The second kappa shape index (κ2) is 8.68. The standard InChI is InChI=1S/C26H23N7O2/c1-32-22-9-7-17(13-19(22)15-28-32)18-8-10-23-20(14-18)26(34)30-24-6-4-5-21(29-24)25-31-27-16-33(25)11-2-3-12-35-23/h4-10,13-16H,2-3,11-12H2,1H3,(H,29,30,34). The molecule has 0 unspecified atom stereocenters.